The van der Waals surface area contributed by atoms with Crippen LogP contribution in [-0.4, -0.2) is 43.8 Å². The molecular weight excluding hydrogens is 456 g/mol. The molecule has 9 heteroatoms. The first-order valence-electron chi connectivity index (χ1n) is 10.8. The first-order valence-corrected chi connectivity index (χ1v) is 12.0. The minimum absolute atomic E-state index is 0.0814. The van der Waals surface area contributed by atoms with Crippen molar-refractivity contribution in [3.05, 3.63) is 81.1 Å². The summed E-state index contributed by atoms with van der Waals surface area (Å²) in [6.07, 6.45) is 5.35. The van der Waals surface area contributed by atoms with Crippen molar-refractivity contribution >= 4 is 51.7 Å². The minimum atomic E-state index is -0.247. The molecule has 0 aliphatic carbocycles. The highest BCUT2D eigenvalue weighted by Crippen LogP contribution is 2.34. The van der Waals surface area contributed by atoms with Crippen LogP contribution >= 0.6 is 24.0 Å². The number of nitrogens with zero attached hydrogens (tertiary/aromatic N) is 3. The molecule has 1 atom stereocenters. The number of fused-ring (bicyclic) bond motifs is 1. The largest absolute Gasteiger partial charge is 0.376 e. The zero-order valence-corrected chi connectivity index (χ0v) is 19.4. The van der Waals surface area contributed by atoms with Gasteiger partial charge in [-0.1, -0.05) is 60.4 Å². The van der Waals surface area contributed by atoms with Gasteiger partial charge in [-0.15, -0.1) is 0 Å². The fraction of sp³-hybridized carbons (Fsp3) is 0.250. The number of rotatable bonds is 6. The topological polar surface area (TPSA) is 75.9 Å². The summed E-state index contributed by atoms with van der Waals surface area (Å²) in [5.41, 5.74) is 1.60. The summed E-state index contributed by atoms with van der Waals surface area (Å²) in [7, 11) is 0. The fourth-order valence-electron chi connectivity index (χ4n) is 3.92. The number of amides is 1. The van der Waals surface area contributed by atoms with Crippen molar-refractivity contribution in [1.82, 2.24) is 14.3 Å². The van der Waals surface area contributed by atoms with Gasteiger partial charge in [0.15, 0.2) is 0 Å². The van der Waals surface area contributed by atoms with Gasteiger partial charge in [0.05, 0.1) is 23.1 Å². The molecule has 3 aromatic rings. The molecular formula is C24H22N4O3S2. The van der Waals surface area contributed by atoms with Crippen molar-refractivity contribution in [1.29, 1.82) is 0 Å². The number of hydrogen-bond donors (Lipinski definition) is 1. The van der Waals surface area contributed by atoms with Crippen LogP contribution in [0.3, 0.4) is 0 Å². The van der Waals surface area contributed by atoms with Gasteiger partial charge in [-0.05, 0) is 36.6 Å². The summed E-state index contributed by atoms with van der Waals surface area (Å²) < 4.78 is 7.65. The van der Waals surface area contributed by atoms with Gasteiger partial charge in [-0.25, -0.2) is 4.98 Å². The van der Waals surface area contributed by atoms with Gasteiger partial charge in [0.25, 0.3) is 11.5 Å². The van der Waals surface area contributed by atoms with Gasteiger partial charge in [-0.3, -0.25) is 18.9 Å². The second-order valence-corrected chi connectivity index (χ2v) is 9.55. The predicted molar refractivity (Wildman–Crippen MR) is 134 cm³/mol. The predicted octanol–water partition coefficient (Wildman–Crippen LogP) is 3.69. The molecule has 1 amide bonds. The first-order chi connectivity index (χ1) is 16.1. The molecule has 168 valence electrons. The number of hydrogen-bond acceptors (Lipinski definition) is 7. The van der Waals surface area contributed by atoms with Crippen molar-refractivity contribution in [2.45, 2.75) is 25.5 Å². The van der Waals surface area contributed by atoms with Crippen LogP contribution < -0.4 is 10.9 Å². The lowest BCUT2D eigenvalue weighted by molar-refractivity contribution is -0.122. The summed E-state index contributed by atoms with van der Waals surface area (Å²) >= 11 is 6.68. The van der Waals surface area contributed by atoms with E-state index in [4.69, 9.17) is 17.0 Å². The van der Waals surface area contributed by atoms with E-state index in [-0.39, 0.29) is 17.6 Å². The number of ether oxygens (including phenoxy) is 1. The molecule has 0 bridgehead atoms. The molecule has 2 aliphatic rings. The molecule has 2 aliphatic heterocycles. The molecule has 0 spiro atoms. The molecule has 2 fully saturated rings. The highest BCUT2D eigenvalue weighted by atomic mass is 32.2. The zero-order chi connectivity index (χ0) is 22.8. The average Bonchev–Trinajstić information content (AvgIpc) is 3.44. The van der Waals surface area contributed by atoms with Crippen molar-refractivity contribution in [2.75, 3.05) is 18.5 Å². The van der Waals surface area contributed by atoms with Crippen LogP contribution in [0.1, 0.15) is 24.0 Å². The number of thiocarbonyl (C=S) groups is 1. The van der Waals surface area contributed by atoms with E-state index in [2.05, 4.69) is 10.3 Å². The Bertz CT molecular complexity index is 1300. The van der Waals surface area contributed by atoms with Gasteiger partial charge in [-0.2, -0.15) is 0 Å². The lowest BCUT2D eigenvalue weighted by Crippen LogP contribution is -2.27. The molecule has 33 heavy (non-hydrogen) atoms. The van der Waals surface area contributed by atoms with Gasteiger partial charge in [0.2, 0.25) is 0 Å². The van der Waals surface area contributed by atoms with Crippen LogP contribution in [0.25, 0.3) is 11.7 Å². The zero-order valence-electron chi connectivity index (χ0n) is 17.8. The maximum atomic E-state index is 13.3. The van der Waals surface area contributed by atoms with E-state index in [0.29, 0.717) is 39.3 Å². The SMILES string of the molecule is O=C1/C(=C/c2c(NC[C@H]3CCCO3)nc3ccccn3c2=O)SC(=S)N1Cc1ccccc1. The van der Waals surface area contributed by atoms with Gasteiger partial charge >= 0.3 is 0 Å². The third-order valence-electron chi connectivity index (χ3n) is 5.62. The number of aromatic nitrogens is 2. The smallest absolute Gasteiger partial charge is 0.267 e. The average molecular weight is 479 g/mol. The summed E-state index contributed by atoms with van der Waals surface area (Å²) in [6.45, 7) is 1.68. The maximum Gasteiger partial charge on any atom is 0.267 e. The van der Waals surface area contributed by atoms with E-state index in [9.17, 15) is 9.59 Å². The van der Waals surface area contributed by atoms with Gasteiger partial charge in [0.1, 0.15) is 15.8 Å². The number of pyridine rings is 1. The Morgan fingerprint density at radius 3 is 2.79 bits per heavy atom. The lowest BCUT2D eigenvalue weighted by Gasteiger charge is -2.15. The molecule has 0 saturated carbocycles. The molecule has 0 unspecified atom stereocenters. The van der Waals surface area contributed by atoms with Crippen LogP contribution in [0.2, 0.25) is 0 Å². The Kier molecular flexibility index (Phi) is 6.26. The fourth-order valence-corrected chi connectivity index (χ4v) is 5.15. The number of carbonyl (C=O) groups excluding carboxylic acids is 1. The van der Waals surface area contributed by atoms with E-state index >= 15 is 0 Å². The van der Waals surface area contributed by atoms with Crippen LogP contribution in [0.4, 0.5) is 5.82 Å². The highest BCUT2D eigenvalue weighted by molar-refractivity contribution is 8.26. The number of carbonyl (C=O) groups is 1. The molecule has 7 nitrogen and oxygen atoms in total. The van der Waals surface area contributed by atoms with Crippen molar-refractivity contribution < 1.29 is 9.53 Å². The second kappa shape index (κ2) is 9.46. The van der Waals surface area contributed by atoms with Crippen LogP contribution in [0, 0.1) is 0 Å². The second-order valence-electron chi connectivity index (χ2n) is 7.88. The number of nitrogens with one attached hydrogen (secondary N) is 1. The molecule has 0 radical (unpaired) electrons. The number of benzene rings is 1. The highest BCUT2D eigenvalue weighted by Gasteiger charge is 2.32. The van der Waals surface area contributed by atoms with Crippen LogP contribution in [0.5, 0.6) is 0 Å². The van der Waals surface area contributed by atoms with Gasteiger partial charge in [0, 0.05) is 19.3 Å². The quantitative estimate of drug-likeness (QED) is 0.428. The van der Waals surface area contributed by atoms with E-state index in [1.807, 2.05) is 36.4 Å². The van der Waals surface area contributed by atoms with E-state index in [0.717, 1.165) is 25.0 Å². The summed E-state index contributed by atoms with van der Waals surface area (Å²) in [5.74, 6) is 0.228. The van der Waals surface area contributed by atoms with Crippen molar-refractivity contribution in [3.63, 3.8) is 0 Å². The summed E-state index contributed by atoms with van der Waals surface area (Å²) in [5, 5.41) is 3.28. The number of anilines is 1. The van der Waals surface area contributed by atoms with Crippen LogP contribution in [-0.2, 0) is 16.1 Å². The van der Waals surface area contributed by atoms with E-state index in [1.54, 1.807) is 29.3 Å². The Hall–Kier alpha value is -3.01. The lowest BCUT2D eigenvalue weighted by atomic mass is 10.2. The third kappa shape index (κ3) is 4.57. The van der Waals surface area contributed by atoms with Crippen LogP contribution in [0.15, 0.2) is 64.4 Å². The first kappa shape index (κ1) is 21.8. The summed E-state index contributed by atoms with van der Waals surface area (Å²) in [4.78, 5) is 33.1. The molecule has 5 rings (SSSR count). The van der Waals surface area contributed by atoms with E-state index < -0.39 is 0 Å². The van der Waals surface area contributed by atoms with E-state index in [1.165, 1.54) is 16.2 Å². The molecule has 1 N–H and O–H groups in total. The van der Waals surface area contributed by atoms with Crippen molar-refractivity contribution in [3.8, 4) is 0 Å². The number of thioether (sulfide) groups is 1. The Labute approximate surface area is 200 Å². The Balaban J connectivity index is 1.49. The Morgan fingerprint density at radius 1 is 1.18 bits per heavy atom. The molecule has 2 aromatic heterocycles. The summed E-state index contributed by atoms with van der Waals surface area (Å²) in [6, 6.07) is 15.1. The minimum Gasteiger partial charge on any atom is -0.376 e. The monoisotopic (exact) mass is 478 g/mol. The molecule has 4 heterocycles. The third-order valence-corrected chi connectivity index (χ3v) is 7.00. The Morgan fingerprint density at radius 2 is 2.00 bits per heavy atom. The molecule has 1 aromatic carbocycles. The standard InChI is InChI=1S/C24H22N4O3S2/c29-22-18(13-19-23(30)28(24(32)33-19)15-16-7-2-1-3-8-16)21(25-14-17-9-6-12-31-17)26-20-10-4-5-11-27(20)22/h1-5,7-8,10-11,13,17,25H,6,9,12,14-15H2/b19-13-/t17-/m1/s1. The normalized spacial score (nSPS) is 19.7. The van der Waals surface area contributed by atoms with Crippen molar-refractivity contribution in [2.24, 2.45) is 0 Å². The molecule has 2 saturated heterocycles. The maximum absolute atomic E-state index is 13.3. The van der Waals surface area contributed by atoms with Gasteiger partial charge < -0.3 is 10.1 Å².